The fraction of sp³-hybridized carbons (Fsp3) is 0.389. The van der Waals surface area contributed by atoms with Crippen LogP contribution in [-0.2, 0) is 21.3 Å². The summed E-state index contributed by atoms with van der Waals surface area (Å²) in [6.45, 7) is 2.96. The predicted molar refractivity (Wildman–Crippen MR) is 101 cm³/mol. The predicted octanol–water partition coefficient (Wildman–Crippen LogP) is 1.37. The molecule has 0 aliphatic carbocycles. The van der Waals surface area contributed by atoms with Gasteiger partial charge in [0, 0.05) is 39.7 Å². The number of amides is 1. The lowest BCUT2D eigenvalue weighted by atomic mass is 10.2. The van der Waals surface area contributed by atoms with Gasteiger partial charge in [-0.15, -0.1) is 0 Å². The number of benzene rings is 1. The van der Waals surface area contributed by atoms with E-state index in [1.165, 1.54) is 23.7 Å². The van der Waals surface area contributed by atoms with Gasteiger partial charge >= 0.3 is 0 Å². The normalized spacial score (nSPS) is 11.6. The summed E-state index contributed by atoms with van der Waals surface area (Å²) >= 11 is 0. The number of hydrogen-bond acceptors (Lipinski definition) is 6. The topological polar surface area (TPSA) is 101 Å². The van der Waals surface area contributed by atoms with E-state index >= 15 is 0 Å². The summed E-state index contributed by atoms with van der Waals surface area (Å²) in [5.74, 6) is 0.0300. The van der Waals surface area contributed by atoms with Crippen LogP contribution >= 0.6 is 0 Å². The lowest BCUT2D eigenvalue weighted by Gasteiger charge is -2.16. The van der Waals surface area contributed by atoms with Crippen LogP contribution in [0.5, 0.6) is 0 Å². The molecule has 0 saturated heterocycles. The third-order valence-corrected chi connectivity index (χ3v) is 5.69. The summed E-state index contributed by atoms with van der Waals surface area (Å²) in [7, 11) is -0.567. The van der Waals surface area contributed by atoms with E-state index in [0.29, 0.717) is 31.0 Å². The number of hydrogen-bond donors (Lipinski definition) is 1. The molecule has 1 amide bonds. The largest absolute Gasteiger partial charge is 0.385 e. The molecule has 9 heteroatoms. The molecule has 0 spiro atoms. The maximum Gasteiger partial charge on any atom is 0.254 e. The lowest BCUT2D eigenvalue weighted by Crippen LogP contribution is -2.28. The van der Waals surface area contributed by atoms with Gasteiger partial charge in [0.05, 0.1) is 17.0 Å². The molecule has 1 N–H and O–H groups in total. The second kappa shape index (κ2) is 9.54. The molecular formula is C18H24N4O4S. The Balaban J connectivity index is 1.99. The molecule has 0 fully saturated rings. The van der Waals surface area contributed by atoms with Crippen molar-refractivity contribution in [2.75, 3.05) is 27.3 Å². The summed E-state index contributed by atoms with van der Waals surface area (Å²) in [5.41, 5.74) is 1.30. The number of nitrogens with one attached hydrogen (secondary N) is 1. The summed E-state index contributed by atoms with van der Waals surface area (Å²) in [5, 5.41) is 2.74. The van der Waals surface area contributed by atoms with Crippen molar-refractivity contribution in [3.05, 3.63) is 53.6 Å². The Morgan fingerprint density at radius 3 is 2.41 bits per heavy atom. The molecule has 8 nitrogen and oxygen atoms in total. The standard InChI is InChI=1S/C18H24N4O4S/c1-14-5-7-16(8-6-14)27(24,25)22(2)13-17-20-11-15(12-21-17)18(23)19-9-4-10-26-3/h5-8,11-12H,4,9-10,13H2,1-3H3,(H,19,23). The molecule has 0 unspecified atom stereocenters. The van der Waals surface area contributed by atoms with E-state index in [0.717, 1.165) is 5.56 Å². The first-order valence-corrected chi connectivity index (χ1v) is 9.89. The number of ether oxygens (including phenoxy) is 1. The minimum absolute atomic E-state index is 0.00590. The molecule has 0 radical (unpaired) electrons. The minimum atomic E-state index is -3.64. The van der Waals surface area contributed by atoms with Gasteiger partial charge in [0.2, 0.25) is 10.0 Å². The van der Waals surface area contributed by atoms with Gasteiger partial charge < -0.3 is 10.1 Å². The van der Waals surface area contributed by atoms with Gasteiger partial charge in [0.1, 0.15) is 5.82 Å². The zero-order valence-corrected chi connectivity index (χ0v) is 16.5. The molecule has 0 bridgehead atoms. The van der Waals surface area contributed by atoms with Gasteiger partial charge in [-0.3, -0.25) is 4.79 Å². The van der Waals surface area contributed by atoms with Crippen molar-refractivity contribution in [2.24, 2.45) is 0 Å². The number of nitrogens with zero attached hydrogens (tertiary/aromatic N) is 3. The Morgan fingerprint density at radius 2 is 1.81 bits per heavy atom. The highest BCUT2D eigenvalue weighted by molar-refractivity contribution is 7.89. The Kier molecular flexibility index (Phi) is 7.40. The number of aryl methyl sites for hydroxylation is 1. The molecular weight excluding hydrogens is 368 g/mol. The molecule has 1 aromatic carbocycles. The summed E-state index contributed by atoms with van der Waals surface area (Å²) in [6.07, 6.45) is 3.49. The highest BCUT2D eigenvalue weighted by Crippen LogP contribution is 2.16. The monoisotopic (exact) mass is 392 g/mol. The summed E-state index contributed by atoms with van der Waals surface area (Å²) in [6, 6.07) is 6.63. The van der Waals surface area contributed by atoms with Gasteiger partial charge in [-0.05, 0) is 25.5 Å². The Labute approximate surface area is 159 Å². The van der Waals surface area contributed by atoms with E-state index in [9.17, 15) is 13.2 Å². The number of carbonyl (C=O) groups excluding carboxylic acids is 1. The third kappa shape index (κ3) is 5.81. The summed E-state index contributed by atoms with van der Waals surface area (Å²) in [4.78, 5) is 20.4. The van der Waals surface area contributed by atoms with Gasteiger partial charge in [-0.25, -0.2) is 18.4 Å². The molecule has 2 rings (SSSR count). The first-order chi connectivity index (χ1) is 12.8. The molecule has 0 aliphatic heterocycles. The average molecular weight is 392 g/mol. The van der Waals surface area contributed by atoms with Crippen LogP contribution in [0.1, 0.15) is 28.2 Å². The number of methoxy groups -OCH3 is 1. The average Bonchev–Trinajstić information content (AvgIpc) is 2.66. The number of rotatable bonds is 9. The van der Waals surface area contributed by atoms with Crippen molar-refractivity contribution in [1.29, 1.82) is 0 Å². The van der Waals surface area contributed by atoms with Crippen molar-refractivity contribution in [3.63, 3.8) is 0 Å². The van der Waals surface area contributed by atoms with Crippen LogP contribution in [0.2, 0.25) is 0 Å². The Bertz CT molecular complexity index is 852. The van der Waals surface area contributed by atoms with Crippen molar-refractivity contribution in [3.8, 4) is 0 Å². The Hall–Kier alpha value is -2.36. The molecule has 2 aromatic rings. The van der Waals surface area contributed by atoms with Crippen LogP contribution in [0.25, 0.3) is 0 Å². The maximum absolute atomic E-state index is 12.6. The van der Waals surface area contributed by atoms with Crippen LogP contribution in [0.3, 0.4) is 0 Å². The van der Waals surface area contributed by atoms with E-state index in [1.807, 2.05) is 6.92 Å². The second-order valence-corrected chi connectivity index (χ2v) is 8.11. The second-order valence-electron chi connectivity index (χ2n) is 6.06. The minimum Gasteiger partial charge on any atom is -0.385 e. The zero-order valence-electron chi connectivity index (χ0n) is 15.7. The number of aromatic nitrogens is 2. The van der Waals surface area contributed by atoms with E-state index in [4.69, 9.17) is 4.74 Å². The van der Waals surface area contributed by atoms with Crippen LogP contribution in [0.4, 0.5) is 0 Å². The molecule has 146 valence electrons. The molecule has 0 saturated carbocycles. The third-order valence-electron chi connectivity index (χ3n) is 3.87. The van der Waals surface area contributed by atoms with Crippen LogP contribution in [0.15, 0.2) is 41.6 Å². The van der Waals surface area contributed by atoms with Gasteiger partial charge in [0.25, 0.3) is 5.91 Å². The van der Waals surface area contributed by atoms with Crippen LogP contribution in [0, 0.1) is 6.92 Å². The van der Waals surface area contributed by atoms with Crippen molar-refractivity contribution in [1.82, 2.24) is 19.6 Å². The lowest BCUT2D eigenvalue weighted by molar-refractivity contribution is 0.0947. The van der Waals surface area contributed by atoms with Crippen LogP contribution < -0.4 is 5.32 Å². The highest BCUT2D eigenvalue weighted by atomic mass is 32.2. The zero-order chi connectivity index (χ0) is 19.9. The van der Waals surface area contributed by atoms with E-state index in [-0.39, 0.29) is 17.3 Å². The maximum atomic E-state index is 12.6. The molecule has 0 aliphatic rings. The fourth-order valence-corrected chi connectivity index (χ4v) is 3.37. The smallest absolute Gasteiger partial charge is 0.254 e. The van der Waals surface area contributed by atoms with Gasteiger partial charge in [0.15, 0.2) is 0 Å². The Morgan fingerprint density at radius 1 is 1.19 bits per heavy atom. The van der Waals surface area contributed by atoms with Crippen molar-refractivity contribution >= 4 is 15.9 Å². The molecule has 27 heavy (non-hydrogen) atoms. The first kappa shape index (κ1) is 20.9. The molecule has 1 heterocycles. The SMILES string of the molecule is COCCCNC(=O)c1cnc(CN(C)S(=O)(=O)c2ccc(C)cc2)nc1. The van der Waals surface area contributed by atoms with Crippen LogP contribution in [-0.4, -0.2) is 55.9 Å². The van der Waals surface area contributed by atoms with E-state index < -0.39 is 10.0 Å². The summed E-state index contributed by atoms with van der Waals surface area (Å²) < 4.78 is 31.3. The van der Waals surface area contributed by atoms with Gasteiger partial charge in [-0.2, -0.15) is 4.31 Å². The number of sulfonamides is 1. The van der Waals surface area contributed by atoms with Crippen molar-refractivity contribution in [2.45, 2.75) is 24.8 Å². The van der Waals surface area contributed by atoms with E-state index in [1.54, 1.807) is 31.4 Å². The highest BCUT2D eigenvalue weighted by Gasteiger charge is 2.21. The van der Waals surface area contributed by atoms with Gasteiger partial charge in [-0.1, -0.05) is 17.7 Å². The fourth-order valence-electron chi connectivity index (χ4n) is 2.25. The quantitative estimate of drug-likeness (QED) is 0.647. The van der Waals surface area contributed by atoms with Crippen molar-refractivity contribution < 1.29 is 17.9 Å². The molecule has 1 aromatic heterocycles. The first-order valence-electron chi connectivity index (χ1n) is 8.45. The number of carbonyl (C=O) groups is 1. The molecule has 0 atom stereocenters. The van der Waals surface area contributed by atoms with E-state index in [2.05, 4.69) is 15.3 Å².